The molecule has 0 aliphatic carbocycles. The van der Waals surface area contributed by atoms with E-state index in [0.29, 0.717) is 23.3 Å². The molecule has 2 unspecified atom stereocenters. The van der Waals surface area contributed by atoms with Gasteiger partial charge in [0.15, 0.2) is 5.78 Å². The van der Waals surface area contributed by atoms with E-state index in [-0.39, 0.29) is 11.5 Å². The second-order valence-corrected chi connectivity index (χ2v) is 6.70. The third kappa shape index (κ3) is 3.52. The summed E-state index contributed by atoms with van der Waals surface area (Å²) in [7, 11) is 0. The van der Waals surface area contributed by atoms with Crippen LogP contribution < -0.4 is 5.32 Å². The molecule has 0 spiro atoms. The molecule has 0 saturated carbocycles. The van der Waals surface area contributed by atoms with Gasteiger partial charge in [-0.15, -0.1) is 0 Å². The number of phenols is 1. The maximum atomic E-state index is 13.4. The zero-order valence-corrected chi connectivity index (χ0v) is 15.1. The minimum absolute atomic E-state index is 0.0780. The number of nitrogens with zero attached hydrogens (tertiary/aromatic N) is 1. The number of benzene rings is 2. The van der Waals surface area contributed by atoms with E-state index in [1.54, 1.807) is 24.3 Å². The number of rotatable bonds is 4. The average Bonchev–Trinajstić information content (AvgIpc) is 2.59. The van der Waals surface area contributed by atoms with Gasteiger partial charge in [-0.05, 0) is 50.1 Å². The highest BCUT2D eigenvalue weighted by Crippen LogP contribution is 2.32. The number of hydrogen-bond donors (Lipinski definition) is 2. The van der Waals surface area contributed by atoms with Crippen molar-refractivity contribution in [2.24, 2.45) is 10.9 Å². The molecule has 0 radical (unpaired) electrons. The van der Waals surface area contributed by atoms with E-state index in [1.807, 2.05) is 39.0 Å². The van der Waals surface area contributed by atoms with Gasteiger partial charge in [0.05, 0.1) is 12.0 Å². The minimum Gasteiger partial charge on any atom is -0.508 e. The molecule has 2 N–H and O–H groups in total. The second-order valence-electron chi connectivity index (χ2n) is 6.70. The van der Waals surface area contributed by atoms with Crippen molar-refractivity contribution < 1.29 is 14.7 Å². The molecule has 0 bridgehead atoms. The summed E-state index contributed by atoms with van der Waals surface area (Å²) in [5.41, 5.74) is 3.87. The van der Waals surface area contributed by atoms with Crippen LogP contribution in [0.25, 0.3) is 0 Å². The summed E-state index contributed by atoms with van der Waals surface area (Å²) >= 11 is 0. The number of hydrogen-bond acceptors (Lipinski definition) is 3. The van der Waals surface area contributed by atoms with Gasteiger partial charge in [0.25, 0.3) is 0 Å². The summed E-state index contributed by atoms with van der Waals surface area (Å²) in [5, 5.41) is 12.6. The Bertz CT molecular complexity index is 882. The van der Waals surface area contributed by atoms with Crippen molar-refractivity contribution in [2.45, 2.75) is 33.2 Å². The third-order valence-corrected chi connectivity index (χ3v) is 4.60. The topological polar surface area (TPSA) is 78.8 Å². The molecule has 2 amide bonds. The number of aromatic hydroxyl groups is 1. The first kappa shape index (κ1) is 17.9. The molecule has 1 heterocycles. The Morgan fingerprint density at radius 1 is 1.15 bits per heavy atom. The highest BCUT2D eigenvalue weighted by atomic mass is 16.3. The van der Waals surface area contributed by atoms with Crippen molar-refractivity contribution in [1.82, 2.24) is 5.32 Å². The average molecular weight is 350 g/mol. The van der Waals surface area contributed by atoms with E-state index in [0.717, 1.165) is 11.1 Å². The smallest absolute Gasteiger partial charge is 0.341 e. The summed E-state index contributed by atoms with van der Waals surface area (Å²) in [6, 6.07) is 11.3. The zero-order chi connectivity index (χ0) is 18.8. The summed E-state index contributed by atoms with van der Waals surface area (Å²) in [5.74, 6) is -0.582. The fourth-order valence-corrected chi connectivity index (χ4v) is 3.53. The van der Waals surface area contributed by atoms with Crippen molar-refractivity contribution >= 4 is 17.5 Å². The van der Waals surface area contributed by atoms with Crippen LogP contribution in [0.1, 0.15) is 46.4 Å². The fraction of sp³-hybridized carbons (Fsp3) is 0.286. The quantitative estimate of drug-likeness (QED) is 0.814. The number of ketones is 1. The van der Waals surface area contributed by atoms with Gasteiger partial charge in [0.2, 0.25) is 0 Å². The van der Waals surface area contributed by atoms with E-state index in [1.165, 1.54) is 0 Å². The number of Topliss-reactive ketones (excluding diaryl/α,β-unsaturated/α-hetero) is 1. The molecular formula is C21H22N2O3. The van der Waals surface area contributed by atoms with Crippen LogP contribution in [0.3, 0.4) is 0 Å². The van der Waals surface area contributed by atoms with Crippen LogP contribution in [0, 0.1) is 19.8 Å². The molecule has 2 atom stereocenters. The highest BCUT2D eigenvalue weighted by molar-refractivity contribution is 6.16. The Hall–Kier alpha value is -2.95. The van der Waals surface area contributed by atoms with E-state index >= 15 is 0 Å². The number of amides is 2. The lowest BCUT2D eigenvalue weighted by Crippen LogP contribution is -2.44. The van der Waals surface area contributed by atoms with Crippen molar-refractivity contribution in [3.05, 3.63) is 64.7 Å². The standard InChI is InChI=1S/C21H22N2O3/c1-4-17-18(20(25)15-9-12(2)8-13(3)10-15)19(23-21(26)22-17)14-6-5-7-16(24)11-14/h5-11,18-19,24H,4H2,1-3H3,(H,23,26). The van der Waals surface area contributed by atoms with E-state index in [4.69, 9.17) is 0 Å². The van der Waals surface area contributed by atoms with Gasteiger partial charge in [0, 0.05) is 11.3 Å². The predicted octanol–water partition coefficient (Wildman–Crippen LogP) is 4.12. The minimum atomic E-state index is -0.597. The molecule has 3 rings (SSSR count). The number of carbonyl (C=O) groups excluding carboxylic acids is 2. The Labute approximate surface area is 152 Å². The van der Waals surface area contributed by atoms with E-state index in [9.17, 15) is 14.7 Å². The van der Waals surface area contributed by atoms with E-state index in [2.05, 4.69) is 10.3 Å². The Morgan fingerprint density at radius 2 is 1.85 bits per heavy atom. The summed E-state index contributed by atoms with van der Waals surface area (Å²) < 4.78 is 0. The monoisotopic (exact) mass is 350 g/mol. The number of urea groups is 1. The lowest BCUT2D eigenvalue weighted by atomic mass is 9.81. The van der Waals surface area contributed by atoms with Crippen molar-refractivity contribution in [1.29, 1.82) is 0 Å². The predicted molar refractivity (Wildman–Crippen MR) is 101 cm³/mol. The van der Waals surface area contributed by atoms with Crippen LogP contribution in [0.5, 0.6) is 5.75 Å². The maximum Gasteiger partial charge on any atom is 0.341 e. The first-order valence-corrected chi connectivity index (χ1v) is 8.68. The van der Waals surface area contributed by atoms with Crippen LogP contribution in [0.4, 0.5) is 4.79 Å². The highest BCUT2D eigenvalue weighted by Gasteiger charge is 2.38. The van der Waals surface area contributed by atoms with Gasteiger partial charge in [-0.25, -0.2) is 9.79 Å². The number of aliphatic imine (C=N–C) groups is 1. The Kier molecular flexibility index (Phi) is 4.89. The van der Waals surface area contributed by atoms with Crippen LogP contribution in [0.15, 0.2) is 47.5 Å². The molecule has 134 valence electrons. The third-order valence-electron chi connectivity index (χ3n) is 4.60. The molecule has 5 nitrogen and oxygen atoms in total. The maximum absolute atomic E-state index is 13.4. The van der Waals surface area contributed by atoms with Crippen LogP contribution >= 0.6 is 0 Å². The molecule has 2 aromatic rings. The molecule has 26 heavy (non-hydrogen) atoms. The zero-order valence-electron chi connectivity index (χ0n) is 15.1. The molecule has 2 aromatic carbocycles. The molecule has 0 aromatic heterocycles. The molecule has 0 saturated heterocycles. The van der Waals surface area contributed by atoms with Crippen LogP contribution in [-0.4, -0.2) is 22.6 Å². The lowest BCUT2D eigenvalue weighted by molar-refractivity contribution is 0.0931. The second kappa shape index (κ2) is 7.12. The van der Waals surface area contributed by atoms with Crippen molar-refractivity contribution in [2.75, 3.05) is 0 Å². The van der Waals surface area contributed by atoms with Gasteiger partial charge in [0.1, 0.15) is 5.75 Å². The number of phenolic OH excluding ortho intramolecular Hbond substituents is 1. The first-order chi connectivity index (χ1) is 12.4. The molecule has 1 aliphatic heterocycles. The van der Waals surface area contributed by atoms with Gasteiger partial charge >= 0.3 is 6.03 Å². The van der Waals surface area contributed by atoms with Gasteiger partial charge in [-0.2, -0.15) is 0 Å². The van der Waals surface area contributed by atoms with Gasteiger partial charge in [-0.3, -0.25) is 4.79 Å². The molecule has 0 fully saturated rings. The van der Waals surface area contributed by atoms with Crippen LogP contribution in [0.2, 0.25) is 0 Å². The lowest BCUT2D eigenvalue weighted by Gasteiger charge is -2.31. The Morgan fingerprint density at radius 3 is 2.46 bits per heavy atom. The number of aryl methyl sites for hydroxylation is 2. The van der Waals surface area contributed by atoms with E-state index < -0.39 is 18.0 Å². The normalized spacial score (nSPS) is 19.7. The van der Waals surface area contributed by atoms with Crippen LogP contribution in [-0.2, 0) is 0 Å². The summed E-state index contributed by atoms with van der Waals surface area (Å²) in [6.45, 7) is 5.79. The largest absolute Gasteiger partial charge is 0.508 e. The molecule has 5 heteroatoms. The fourth-order valence-electron chi connectivity index (χ4n) is 3.53. The number of nitrogens with one attached hydrogen (secondary N) is 1. The van der Waals surface area contributed by atoms with Gasteiger partial charge in [-0.1, -0.05) is 36.2 Å². The molecule has 1 aliphatic rings. The molecular weight excluding hydrogens is 328 g/mol. The summed E-state index contributed by atoms with van der Waals surface area (Å²) in [6.07, 6.45) is 0.504. The first-order valence-electron chi connectivity index (χ1n) is 8.68. The Balaban J connectivity index is 2.09. The SMILES string of the molecule is CCC1=NC(=O)NC(c2cccc(O)c2)C1C(=O)c1cc(C)cc(C)c1. The van der Waals surface area contributed by atoms with Gasteiger partial charge < -0.3 is 10.4 Å². The summed E-state index contributed by atoms with van der Waals surface area (Å²) in [4.78, 5) is 29.5. The number of carbonyl (C=O) groups is 2. The van der Waals surface area contributed by atoms with Crippen molar-refractivity contribution in [3.63, 3.8) is 0 Å². The van der Waals surface area contributed by atoms with Crippen molar-refractivity contribution in [3.8, 4) is 5.75 Å².